The summed E-state index contributed by atoms with van der Waals surface area (Å²) in [5.41, 5.74) is 1.94. The van der Waals surface area contributed by atoms with Gasteiger partial charge in [-0.05, 0) is 36.8 Å². The van der Waals surface area contributed by atoms with Crippen molar-refractivity contribution in [2.45, 2.75) is 13.5 Å². The first-order valence-corrected chi connectivity index (χ1v) is 10.5. The minimum absolute atomic E-state index is 0.0376. The summed E-state index contributed by atoms with van der Waals surface area (Å²) < 4.78 is 10.2. The summed E-state index contributed by atoms with van der Waals surface area (Å²) >= 11 is 0. The van der Waals surface area contributed by atoms with Gasteiger partial charge in [0.25, 0.3) is 11.8 Å². The van der Waals surface area contributed by atoms with Gasteiger partial charge in [-0.3, -0.25) is 14.5 Å². The number of nitrogens with zero attached hydrogens (tertiary/aromatic N) is 1. The molecule has 0 saturated carbocycles. The Kier molecular flexibility index (Phi) is 6.39. The number of fused-ring (bicyclic) bond motifs is 1. The lowest BCUT2D eigenvalue weighted by Gasteiger charge is -2.21. The predicted octanol–water partition coefficient (Wildman–Crippen LogP) is 1.77. The van der Waals surface area contributed by atoms with E-state index in [1.165, 1.54) is 12.1 Å². The van der Waals surface area contributed by atoms with Crippen LogP contribution in [0.3, 0.4) is 0 Å². The standard InChI is InChI=1S/C24H21N3O7/c1-2-33-23(31)18-11-25-24(32)26-19(18)13-34-22(30)15-9-7-14(8-10-15)12-27-20(28)16-5-3-4-6-17(16)21(27)29/h3-10H,2,11-13H2,1H3,(H2,25,26,32). The van der Waals surface area contributed by atoms with Crippen LogP contribution < -0.4 is 10.6 Å². The number of esters is 2. The summed E-state index contributed by atoms with van der Waals surface area (Å²) in [4.78, 5) is 62.3. The van der Waals surface area contributed by atoms with E-state index in [2.05, 4.69) is 10.6 Å². The highest BCUT2D eigenvalue weighted by molar-refractivity contribution is 6.21. The smallest absolute Gasteiger partial charge is 0.338 e. The Morgan fingerprint density at radius 1 is 0.912 bits per heavy atom. The first-order chi connectivity index (χ1) is 16.4. The van der Waals surface area contributed by atoms with Crippen LogP contribution in [-0.2, 0) is 20.8 Å². The number of imide groups is 1. The molecule has 4 rings (SSSR count). The fourth-order valence-corrected chi connectivity index (χ4v) is 3.60. The third-order valence-electron chi connectivity index (χ3n) is 5.33. The van der Waals surface area contributed by atoms with Crippen LogP contribution in [0.15, 0.2) is 59.8 Å². The van der Waals surface area contributed by atoms with Crippen LogP contribution in [-0.4, -0.2) is 54.4 Å². The Hall–Kier alpha value is -4.47. The maximum atomic E-state index is 12.5. The highest BCUT2D eigenvalue weighted by Gasteiger charge is 2.35. The highest BCUT2D eigenvalue weighted by Crippen LogP contribution is 2.24. The molecule has 0 radical (unpaired) electrons. The van der Waals surface area contributed by atoms with Crippen molar-refractivity contribution < 1.29 is 33.4 Å². The molecule has 0 fully saturated rings. The molecule has 0 bridgehead atoms. The van der Waals surface area contributed by atoms with E-state index in [1.54, 1.807) is 43.3 Å². The molecule has 2 aliphatic heterocycles. The maximum absolute atomic E-state index is 12.5. The Labute approximate surface area is 194 Å². The molecule has 2 heterocycles. The molecule has 10 heteroatoms. The first-order valence-electron chi connectivity index (χ1n) is 10.5. The van der Waals surface area contributed by atoms with Gasteiger partial charge in [0.05, 0.1) is 47.7 Å². The van der Waals surface area contributed by atoms with Gasteiger partial charge >= 0.3 is 18.0 Å². The number of amides is 4. The third-order valence-corrected chi connectivity index (χ3v) is 5.33. The zero-order chi connectivity index (χ0) is 24.2. The lowest BCUT2D eigenvalue weighted by molar-refractivity contribution is -0.138. The minimum atomic E-state index is -0.671. The van der Waals surface area contributed by atoms with Crippen molar-refractivity contribution in [2.24, 2.45) is 0 Å². The van der Waals surface area contributed by atoms with Gasteiger partial charge in [0.2, 0.25) is 0 Å². The van der Waals surface area contributed by atoms with Gasteiger partial charge in [-0.15, -0.1) is 0 Å². The monoisotopic (exact) mass is 463 g/mol. The number of hydrogen-bond acceptors (Lipinski definition) is 7. The number of carbonyl (C=O) groups excluding carboxylic acids is 5. The second kappa shape index (κ2) is 9.57. The molecular weight excluding hydrogens is 442 g/mol. The zero-order valence-electron chi connectivity index (χ0n) is 18.3. The predicted molar refractivity (Wildman–Crippen MR) is 118 cm³/mol. The number of carbonyl (C=O) groups is 5. The second-order valence-electron chi connectivity index (χ2n) is 7.50. The van der Waals surface area contributed by atoms with Crippen molar-refractivity contribution in [1.82, 2.24) is 15.5 Å². The van der Waals surface area contributed by atoms with E-state index < -0.39 is 18.0 Å². The third kappa shape index (κ3) is 4.51. The number of urea groups is 1. The van der Waals surface area contributed by atoms with Gasteiger partial charge < -0.3 is 20.1 Å². The van der Waals surface area contributed by atoms with Crippen LogP contribution in [0, 0.1) is 0 Å². The fourth-order valence-electron chi connectivity index (χ4n) is 3.60. The molecule has 34 heavy (non-hydrogen) atoms. The molecule has 0 aliphatic carbocycles. The van der Waals surface area contributed by atoms with Gasteiger partial charge in [-0.1, -0.05) is 24.3 Å². The van der Waals surface area contributed by atoms with Crippen LogP contribution in [0.2, 0.25) is 0 Å². The van der Waals surface area contributed by atoms with E-state index in [4.69, 9.17) is 9.47 Å². The number of nitrogens with one attached hydrogen (secondary N) is 2. The van der Waals surface area contributed by atoms with Crippen molar-refractivity contribution in [3.8, 4) is 0 Å². The van der Waals surface area contributed by atoms with E-state index in [0.29, 0.717) is 16.7 Å². The number of ether oxygens (including phenoxy) is 2. The van der Waals surface area contributed by atoms with Crippen LogP contribution >= 0.6 is 0 Å². The van der Waals surface area contributed by atoms with Crippen molar-refractivity contribution in [1.29, 1.82) is 0 Å². The largest absolute Gasteiger partial charge is 0.463 e. The first kappa shape index (κ1) is 22.7. The summed E-state index contributed by atoms with van der Waals surface area (Å²) in [6, 6.07) is 12.4. The lowest BCUT2D eigenvalue weighted by Crippen LogP contribution is -2.45. The van der Waals surface area contributed by atoms with Crippen molar-refractivity contribution in [3.05, 3.63) is 82.1 Å². The lowest BCUT2D eigenvalue weighted by atomic mass is 10.1. The van der Waals surface area contributed by atoms with Gasteiger partial charge in [0.15, 0.2) is 0 Å². The quantitative estimate of drug-likeness (QED) is 0.473. The number of hydrogen-bond donors (Lipinski definition) is 2. The molecule has 0 spiro atoms. The second-order valence-corrected chi connectivity index (χ2v) is 7.50. The van der Waals surface area contributed by atoms with Crippen LogP contribution in [0.1, 0.15) is 43.6 Å². The molecule has 0 saturated heterocycles. The van der Waals surface area contributed by atoms with Gasteiger partial charge in [-0.25, -0.2) is 14.4 Å². The molecule has 0 unspecified atom stereocenters. The SMILES string of the molecule is CCOC(=O)C1=C(COC(=O)c2ccc(CN3C(=O)c4ccccc4C3=O)cc2)NC(=O)NC1. The average molecular weight is 463 g/mol. The molecule has 0 atom stereocenters. The Morgan fingerprint density at radius 2 is 1.56 bits per heavy atom. The maximum Gasteiger partial charge on any atom is 0.338 e. The molecule has 4 amide bonds. The van der Waals surface area contributed by atoms with Crippen molar-refractivity contribution in [3.63, 3.8) is 0 Å². The fraction of sp³-hybridized carbons (Fsp3) is 0.208. The van der Waals surface area contributed by atoms with E-state index >= 15 is 0 Å². The number of rotatable bonds is 7. The van der Waals surface area contributed by atoms with E-state index in [1.807, 2.05) is 0 Å². The molecule has 2 aromatic carbocycles. The van der Waals surface area contributed by atoms with E-state index in [9.17, 15) is 24.0 Å². The van der Waals surface area contributed by atoms with E-state index in [-0.39, 0.29) is 55.0 Å². The molecule has 2 N–H and O–H groups in total. The highest BCUT2D eigenvalue weighted by atomic mass is 16.5. The molecule has 0 aromatic heterocycles. The topological polar surface area (TPSA) is 131 Å². The minimum Gasteiger partial charge on any atom is -0.463 e. The summed E-state index contributed by atoms with van der Waals surface area (Å²) in [6.07, 6.45) is 0. The normalized spacial score (nSPS) is 15.0. The summed E-state index contributed by atoms with van der Waals surface area (Å²) in [7, 11) is 0. The Morgan fingerprint density at radius 3 is 2.18 bits per heavy atom. The van der Waals surface area contributed by atoms with Gasteiger partial charge in [0.1, 0.15) is 6.61 Å². The molecule has 2 aliphatic rings. The zero-order valence-corrected chi connectivity index (χ0v) is 18.3. The van der Waals surface area contributed by atoms with Crippen LogP contribution in [0.4, 0.5) is 4.79 Å². The molecule has 174 valence electrons. The molecule has 10 nitrogen and oxygen atoms in total. The number of benzene rings is 2. The summed E-state index contributed by atoms with van der Waals surface area (Å²) in [5, 5.41) is 4.93. The van der Waals surface area contributed by atoms with Crippen LogP contribution in [0.25, 0.3) is 0 Å². The summed E-state index contributed by atoms with van der Waals surface area (Å²) in [5.74, 6) is -2.01. The van der Waals surface area contributed by atoms with Crippen LogP contribution in [0.5, 0.6) is 0 Å². The molecule has 2 aromatic rings. The summed E-state index contributed by atoms with van der Waals surface area (Å²) in [6.45, 7) is 1.53. The van der Waals surface area contributed by atoms with Crippen molar-refractivity contribution >= 4 is 29.8 Å². The van der Waals surface area contributed by atoms with E-state index in [0.717, 1.165) is 4.90 Å². The van der Waals surface area contributed by atoms with Gasteiger partial charge in [-0.2, -0.15) is 0 Å². The Bertz CT molecular complexity index is 1180. The average Bonchev–Trinajstić information content (AvgIpc) is 3.08. The van der Waals surface area contributed by atoms with Crippen molar-refractivity contribution in [2.75, 3.05) is 19.8 Å². The van der Waals surface area contributed by atoms with Gasteiger partial charge in [0, 0.05) is 0 Å². The Balaban J connectivity index is 1.40. The molecular formula is C24H21N3O7.